The van der Waals surface area contributed by atoms with Crippen molar-refractivity contribution in [2.75, 3.05) is 22.9 Å². The van der Waals surface area contributed by atoms with Crippen molar-refractivity contribution < 1.29 is 22.7 Å². The van der Waals surface area contributed by atoms with Crippen LogP contribution in [0.4, 0.5) is 11.4 Å². The van der Waals surface area contributed by atoms with Crippen molar-refractivity contribution in [1.82, 2.24) is 0 Å². The number of nitrogens with one attached hydrogen (secondary N) is 2. The predicted molar refractivity (Wildman–Crippen MR) is 95.0 cm³/mol. The van der Waals surface area contributed by atoms with E-state index in [4.69, 9.17) is 10.00 Å². The van der Waals surface area contributed by atoms with Crippen LogP contribution in [0.25, 0.3) is 0 Å². The number of amides is 1. The van der Waals surface area contributed by atoms with Gasteiger partial charge in [0.25, 0.3) is 5.91 Å². The summed E-state index contributed by atoms with van der Waals surface area (Å²) in [5, 5.41) is 11.2. The molecule has 2 aromatic carbocycles. The zero-order chi connectivity index (χ0) is 19.2. The van der Waals surface area contributed by atoms with Gasteiger partial charge < -0.3 is 10.1 Å². The fraction of sp³-hybridized carbons (Fsp3) is 0.118. The van der Waals surface area contributed by atoms with Gasteiger partial charge in [0.05, 0.1) is 29.1 Å². The maximum atomic E-state index is 12.1. The zero-order valence-electron chi connectivity index (χ0n) is 13.7. The van der Waals surface area contributed by atoms with E-state index in [1.54, 1.807) is 24.3 Å². The Hall–Kier alpha value is -3.38. The van der Waals surface area contributed by atoms with Gasteiger partial charge in [-0.3, -0.25) is 9.52 Å². The van der Waals surface area contributed by atoms with Crippen molar-refractivity contribution in [3.63, 3.8) is 0 Å². The third kappa shape index (κ3) is 5.61. The molecule has 0 fully saturated rings. The predicted octanol–water partition coefficient (Wildman–Crippen LogP) is 1.73. The quantitative estimate of drug-likeness (QED) is 0.743. The first-order chi connectivity index (χ1) is 12.3. The van der Waals surface area contributed by atoms with Crippen molar-refractivity contribution in [2.24, 2.45) is 0 Å². The van der Waals surface area contributed by atoms with Crippen LogP contribution >= 0.6 is 0 Å². The largest absolute Gasteiger partial charge is 0.452 e. The summed E-state index contributed by atoms with van der Waals surface area (Å²) in [6.45, 7) is -0.550. The normalized spacial score (nSPS) is 10.5. The number of sulfonamides is 1. The maximum Gasteiger partial charge on any atom is 0.340 e. The second-order valence-electron chi connectivity index (χ2n) is 5.23. The Morgan fingerprint density at radius 3 is 2.38 bits per heavy atom. The topological polar surface area (TPSA) is 125 Å². The minimum Gasteiger partial charge on any atom is -0.452 e. The van der Waals surface area contributed by atoms with Gasteiger partial charge in [0.2, 0.25) is 10.0 Å². The molecule has 134 valence electrons. The van der Waals surface area contributed by atoms with Gasteiger partial charge >= 0.3 is 5.97 Å². The fourth-order valence-electron chi connectivity index (χ4n) is 1.98. The molecule has 2 rings (SSSR count). The first-order valence-electron chi connectivity index (χ1n) is 7.32. The standard InChI is InChI=1S/C17H15N3O5S/c1-26(23,24)20-15-5-3-2-4-14(15)17(22)25-11-16(21)19-13-8-6-12(10-18)7-9-13/h2-9,20H,11H2,1H3,(H,19,21). The van der Waals surface area contributed by atoms with Crippen LogP contribution in [0, 0.1) is 11.3 Å². The van der Waals surface area contributed by atoms with Crippen LogP contribution in [-0.4, -0.2) is 33.2 Å². The molecule has 0 saturated carbocycles. The second-order valence-corrected chi connectivity index (χ2v) is 6.98. The highest BCUT2D eigenvalue weighted by atomic mass is 32.2. The van der Waals surface area contributed by atoms with E-state index in [2.05, 4.69) is 10.0 Å². The molecule has 1 amide bonds. The van der Waals surface area contributed by atoms with Gasteiger partial charge in [-0.1, -0.05) is 12.1 Å². The summed E-state index contributed by atoms with van der Waals surface area (Å²) in [5.74, 6) is -1.41. The van der Waals surface area contributed by atoms with Crippen molar-refractivity contribution >= 4 is 33.3 Å². The number of anilines is 2. The SMILES string of the molecule is CS(=O)(=O)Nc1ccccc1C(=O)OCC(=O)Nc1ccc(C#N)cc1. The smallest absolute Gasteiger partial charge is 0.340 e. The van der Waals surface area contributed by atoms with Gasteiger partial charge in [0.15, 0.2) is 6.61 Å². The molecule has 0 bridgehead atoms. The lowest BCUT2D eigenvalue weighted by Gasteiger charge is -2.10. The Kier molecular flexibility index (Phi) is 5.93. The summed E-state index contributed by atoms with van der Waals surface area (Å²) in [5.41, 5.74) is 0.949. The van der Waals surface area contributed by atoms with E-state index in [9.17, 15) is 18.0 Å². The van der Waals surface area contributed by atoms with Crippen molar-refractivity contribution in [2.45, 2.75) is 0 Å². The summed E-state index contributed by atoms with van der Waals surface area (Å²) in [6.07, 6.45) is 0.958. The lowest BCUT2D eigenvalue weighted by Crippen LogP contribution is -2.22. The molecule has 8 nitrogen and oxygen atoms in total. The van der Waals surface area contributed by atoms with Crippen LogP contribution in [0.3, 0.4) is 0 Å². The van der Waals surface area contributed by atoms with E-state index >= 15 is 0 Å². The number of para-hydroxylation sites is 1. The Labute approximate surface area is 150 Å². The lowest BCUT2D eigenvalue weighted by atomic mass is 10.2. The molecule has 2 aromatic rings. The molecule has 0 spiro atoms. The fourth-order valence-corrected chi connectivity index (χ4v) is 2.56. The molecule has 0 saturated heterocycles. The summed E-state index contributed by atoms with van der Waals surface area (Å²) in [4.78, 5) is 24.0. The Bertz CT molecular complexity index is 963. The molecule has 0 aromatic heterocycles. The van der Waals surface area contributed by atoms with Gasteiger partial charge in [-0.25, -0.2) is 13.2 Å². The highest BCUT2D eigenvalue weighted by molar-refractivity contribution is 7.92. The number of hydrogen-bond acceptors (Lipinski definition) is 6. The van der Waals surface area contributed by atoms with E-state index in [0.29, 0.717) is 11.3 Å². The molecule has 0 unspecified atom stereocenters. The second kappa shape index (κ2) is 8.13. The number of carbonyl (C=O) groups is 2. The van der Waals surface area contributed by atoms with Crippen LogP contribution in [0.1, 0.15) is 15.9 Å². The minimum absolute atomic E-state index is 0.0101. The molecular formula is C17H15N3O5S. The van der Waals surface area contributed by atoms with Gasteiger partial charge in [0.1, 0.15) is 0 Å². The van der Waals surface area contributed by atoms with Gasteiger partial charge in [0, 0.05) is 5.69 Å². The van der Waals surface area contributed by atoms with Crippen molar-refractivity contribution in [3.8, 4) is 6.07 Å². The van der Waals surface area contributed by atoms with E-state index < -0.39 is 28.5 Å². The number of benzene rings is 2. The summed E-state index contributed by atoms with van der Waals surface area (Å²) < 4.78 is 29.8. The molecule has 0 atom stereocenters. The van der Waals surface area contributed by atoms with Crippen LogP contribution in [0.2, 0.25) is 0 Å². The zero-order valence-corrected chi connectivity index (χ0v) is 14.5. The number of hydrogen-bond donors (Lipinski definition) is 2. The summed E-state index contributed by atoms with van der Waals surface area (Å²) >= 11 is 0. The Morgan fingerprint density at radius 1 is 1.12 bits per heavy atom. The van der Waals surface area contributed by atoms with E-state index in [0.717, 1.165) is 6.26 Å². The number of nitriles is 1. The third-order valence-corrected chi connectivity index (χ3v) is 3.67. The molecular weight excluding hydrogens is 358 g/mol. The van der Waals surface area contributed by atoms with Gasteiger partial charge in [-0.05, 0) is 36.4 Å². The number of rotatable bonds is 6. The Balaban J connectivity index is 1.98. The van der Waals surface area contributed by atoms with E-state index in [1.807, 2.05) is 6.07 Å². The third-order valence-electron chi connectivity index (χ3n) is 3.07. The summed E-state index contributed by atoms with van der Waals surface area (Å²) in [6, 6.07) is 14.0. The molecule has 0 aliphatic heterocycles. The van der Waals surface area contributed by atoms with E-state index in [-0.39, 0.29) is 11.3 Å². The number of ether oxygens (including phenoxy) is 1. The molecule has 0 aliphatic rings. The first-order valence-corrected chi connectivity index (χ1v) is 9.21. The van der Waals surface area contributed by atoms with Crippen molar-refractivity contribution in [3.05, 3.63) is 59.7 Å². The van der Waals surface area contributed by atoms with Crippen LogP contribution in [0.15, 0.2) is 48.5 Å². The van der Waals surface area contributed by atoms with E-state index in [1.165, 1.54) is 24.3 Å². The molecule has 9 heteroatoms. The monoisotopic (exact) mass is 373 g/mol. The Morgan fingerprint density at radius 2 is 1.77 bits per heavy atom. The first kappa shape index (κ1) is 19.0. The summed E-state index contributed by atoms with van der Waals surface area (Å²) in [7, 11) is -3.57. The average molecular weight is 373 g/mol. The van der Waals surface area contributed by atoms with Crippen LogP contribution < -0.4 is 10.0 Å². The van der Waals surface area contributed by atoms with Gasteiger partial charge in [-0.2, -0.15) is 5.26 Å². The molecule has 26 heavy (non-hydrogen) atoms. The van der Waals surface area contributed by atoms with Crippen molar-refractivity contribution in [1.29, 1.82) is 5.26 Å². The molecule has 0 aliphatic carbocycles. The van der Waals surface area contributed by atoms with Crippen LogP contribution in [0.5, 0.6) is 0 Å². The molecule has 2 N–H and O–H groups in total. The van der Waals surface area contributed by atoms with Gasteiger partial charge in [-0.15, -0.1) is 0 Å². The highest BCUT2D eigenvalue weighted by Crippen LogP contribution is 2.17. The number of esters is 1. The minimum atomic E-state index is -3.57. The number of nitrogens with zero attached hydrogens (tertiary/aromatic N) is 1. The highest BCUT2D eigenvalue weighted by Gasteiger charge is 2.16. The average Bonchev–Trinajstić information content (AvgIpc) is 2.59. The van der Waals surface area contributed by atoms with Crippen LogP contribution in [-0.2, 0) is 19.6 Å². The maximum absolute atomic E-state index is 12.1. The number of carbonyl (C=O) groups excluding carboxylic acids is 2. The molecule has 0 radical (unpaired) electrons. The lowest BCUT2D eigenvalue weighted by molar-refractivity contribution is -0.119. The molecule has 0 heterocycles.